The molecule has 0 aromatic carbocycles. The van der Waals surface area contributed by atoms with Gasteiger partial charge in [0.05, 0.1) is 4.88 Å². The first kappa shape index (κ1) is 23.6. The van der Waals surface area contributed by atoms with Crippen molar-refractivity contribution in [3.05, 3.63) is 33.7 Å². The summed E-state index contributed by atoms with van der Waals surface area (Å²) in [5.41, 5.74) is 4.31. The Morgan fingerprint density at radius 3 is 2.66 bits per heavy atom. The monoisotopic (exact) mass is 482 g/mol. The van der Waals surface area contributed by atoms with Gasteiger partial charge >= 0.3 is 12.1 Å². The average Bonchev–Trinajstić information content (AvgIpc) is 3.23. The van der Waals surface area contributed by atoms with Gasteiger partial charge in [0.25, 0.3) is 11.8 Å². The lowest BCUT2D eigenvalue weighted by Crippen LogP contribution is -2.71. The molecule has 2 atom stereocenters. The summed E-state index contributed by atoms with van der Waals surface area (Å²) < 4.78 is 4.69. The summed E-state index contributed by atoms with van der Waals surface area (Å²) in [7, 11) is 0. The summed E-state index contributed by atoms with van der Waals surface area (Å²) in [6.07, 6.45) is -1.05. The van der Waals surface area contributed by atoms with Crippen molar-refractivity contribution >= 4 is 52.7 Å². The zero-order valence-electron chi connectivity index (χ0n) is 17.5. The first-order valence-corrected chi connectivity index (χ1v) is 11.4. The van der Waals surface area contributed by atoms with Gasteiger partial charge in [-0.25, -0.2) is 9.59 Å². The van der Waals surface area contributed by atoms with Crippen molar-refractivity contribution in [1.29, 1.82) is 0 Å². The Kier molecular flexibility index (Phi) is 6.79. The van der Waals surface area contributed by atoms with Gasteiger partial charge in [-0.15, -0.1) is 23.1 Å². The Labute approximate surface area is 191 Å². The number of nitrogens with two attached hydrogens (primary N) is 1. The van der Waals surface area contributed by atoms with Crippen LogP contribution < -0.4 is 11.1 Å². The Hall–Kier alpha value is -3.06. The minimum Gasteiger partial charge on any atom is -0.477 e. The summed E-state index contributed by atoms with van der Waals surface area (Å²) in [5.74, 6) is -2.35. The third kappa shape index (κ3) is 5.05. The molecule has 11 nitrogen and oxygen atoms in total. The van der Waals surface area contributed by atoms with Gasteiger partial charge in [-0.3, -0.25) is 14.5 Å². The number of ether oxygens (including phenoxy) is 1. The van der Waals surface area contributed by atoms with Crippen LogP contribution in [0, 0.1) is 0 Å². The summed E-state index contributed by atoms with van der Waals surface area (Å²) >= 11 is 2.53. The maximum Gasteiger partial charge on any atom is 0.404 e. The Bertz CT molecular complexity index is 998. The van der Waals surface area contributed by atoms with Crippen LogP contribution in [0.15, 0.2) is 33.9 Å². The van der Waals surface area contributed by atoms with E-state index >= 15 is 0 Å². The standard InChI is InChI=1S/C19H22N4O7S2/c1-19(2,3)30-22-11(10-5-4-6-31-10)14(24)21-12-15(25)23-13(17(26)27)9(7-29-18(20)28)8-32-16(12)23/h4-6,12,16H,7-8H2,1-3H3,(H2,20,28)(H,21,24)(H,26,27)/t12-,16-/m1/s1. The van der Waals surface area contributed by atoms with E-state index in [9.17, 15) is 24.3 Å². The number of carbonyl (C=O) groups excluding carboxylic acids is 3. The quantitative estimate of drug-likeness (QED) is 0.296. The smallest absolute Gasteiger partial charge is 0.404 e. The van der Waals surface area contributed by atoms with Crippen molar-refractivity contribution < 1.29 is 33.9 Å². The first-order valence-electron chi connectivity index (χ1n) is 9.42. The van der Waals surface area contributed by atoms with Crippen LogP contribution in [0.4, 0.5) is 4.79 Å². The summed E-state index contributed by atoms with van der Waals surface area (Å²) in [6, 6.07) is 2.52. The van der Waals surface area contributed by atoms with E-state index in [1.54, 1.807) is 38.3 Å². The second-order valence-corrected chi connectivity index (χ2v) is 9.90. The van der Waals surface area contributed by atoms with Gasteiger partial charge in [-0.2, -0.15) is 0 Å². The molecule has 2 aliphatic rings. The highest BCUT2D eigenvalue weighted by Gasteiger charge is 2.54. The number of rotatable bonds is 7. The second-order valence-electron chi connectivity index (χ2n) is 7.85. The second kappa shape index (κ2) is 9.20. The van der Waals surface area contributed by atoms with Crippen LogP contribution in [-0.2, 0) is 24.0 Å². The molecule has 1 aromatic rings. The van der Waals surface area contributed by atoms with E-state index in [-0.39, 0.29) is 29.3 Å². The molecule has 172 valence electrons. The molecule has 0 radical (unpaired) electrons. The Morgan fingerprint density at radius 2 is 2.09 bits per heavy atom. The molecule has 0 saturated carbocycles. The molecule has 0 unspecified atom stereocenters. The van der Waals surface area contributed by atoms with Crippen molar-refractivity contribution in [3.8, 4) is 0 Å². The number of carboxylic acid groups (broad SMARTS) is 1. The summed E-state index contributed by atoms with van der Waals surface area (Å²) in [5, 5.41) is 17.4. The Morgan fingerprint density at radius 1 is 1.38 bits per heavy atom. The van der Waals surface area contributed by atoms with Crippen LogP contribution in [-0.4, -0.2) is 69.0 Å². The SMILES string of the molecule is CC(C)(C)ON=C(C(=O)N[C@@H]1C(=O)N2C(C(=O)O)=C(COC(N)=O)CS[C@H]12)c1cccs1. The number of nitrogens with zero attached hydrogens (tertiary/aromatic N) is 2. The number of oxime groups is 1. The van der Waals surface area contributed by atoms with Gasteiger partial charge in [-0.1, -0.05) is 11.2 Å². The van der Waals surface area contributed by atoms with Gasteiger partial charge in [0.1, 0.15) is 29.3 Å². The molecular weight excluding hydrogens is 460 g/mol. The fourth-order valence-corrected chi connectivity index (χ4v) is 4.99. The molecule has 3 rings (SSSR count). The molecule has 4 N–H and O–H groups in total. The van der Waals surface area contributed by atoms with Crippen molar-refractivity contribution in [3.63, 3.8) is 0 Å². The number of thioether (sulfide) groups is 1. The van der Waals surface area contributed by atoms with Crippen LogP contribution in [0.5, 0.6) is 0 Å². The largest absolute Gasteiger partial charge is 0.477 e. The van der Waals surface area contributed by atoms with Crippen molar-refractivity contribution in [1.82, 2.24) is 10.2 Å². The average molecular weight is 483 g/mol. The third-order valence-corrected chi connectivity index (χ3v) is 6.52. The lowest BCUT2D eigenvalue weighted by atomic mass is 10.0. The number of amides is 3. The normalized spacial score (nSPS) is 20.9. The molecule has 3 heterocycles. The van der Waals surface area contributed by atoms with Gasteiger partial charge in [0.2, 0.25) is 0 Å². The topological polar surface area (TPSA) is 161 Å². The number of β-lactam (4-membered cyclic amide) rings is 1. The van der Waals surface area contributed by atoms with Crippen LogP contribution >= 0.6 is 23.1 Å². The highest BCUT2D eigenvalue weighted by atomic mass is 32.2. The Balaban J connectivity index is 1.78. The highest BCUT2D eigenvalue weighted by molar-refractivity contribution is 8.00. The molecule has 0 spiro atoms. The highest BCUT2D eigenvalue weighted by Crippen LogP contribution is 2.40. The van der Waals surface area contributed by atoms with Gasteiger partial charge in [0.15, 0.2) is 5.71 Å². The number of nitrogens with one attached hydrogen (secondary N) is 1. The van der Waals surface area contributed by atoms with Crippen LogP contribution in [0.25, 0.3) is 0 Å². The van der Waals surface area contributed by atoms with Gasteiger partial charge < -0.3 is 25.7 Å². The van der Waals surface area contributed by atoms with Crippen LogP contribution in [0.2, 0.25) is 0 Å². The molecule has 0 bridgehead atoms. The van der Waals surface area contributed by atoms with Crippen LogP contribution in [0.3, 0.4) is 0 Å². The maximum absolute atomic E-state index is 12.9. The van der Waals surface area contributed by atoms with E-state index in [1.165, 1.54) is 23.1 Å². The van der Waals surface area contributed by atoms with E-state index in [0.29, 0.717) is 4.88 Å². The number of carboxylic acids is 1. The first-order chi connectivity index (χ1) is 15.0. The van der Waals surface area contributed by atoms with E-state index in [0.717, 1.165) is 4.90 Å². The number of hydrogen-bond donors (Lipinski definition) is 3. The van der Waals surface area contributed by atoms with E-state index in [2.05, 4.69) is 10.5 Å². The summed E-state index contributed by atoms with van der Waals surface area (Å²) in [6.45, 7) is 5.01. The fraction of sp³-hybridized carbons (Fsp3) is 0.421. The molecule has 1 fully saturated rings. The number of aliphatic carboxylic acids is 1. The van der Waals surface area contributed by atoms with E-state index in [4.69, 9.17) is 15.3 Å². The number of primary amides is 1. The molecule has 32 heavy (non-hydrogen) atoms. The van der Waals surface area contributed by atoms with Gasteiger partial charge in [-0.05, 0) is 32.2 Å². The number of hydrogen-bond acceptors (Lipinski definition) is 9. The minimum absolute atomic E-state index is 0.0199. The molecule has 13 heteroatoms. The van der Waals surface area contributed by atoms with Crippen molar-refractivity contribution in [2.75, 3.05) is 12.4 Å². The molecule has 0 aliphatic carbocycles. The molecule has 1 aromatic heterocycles. The lowest BCUT2D eigenvalue weighted by Gasteiger charge is -2.49. The zero-order valence-corrected chi connectivity index (χ0v) is 19.1. The maximum atomic E-state index is 12.9. The molecule has 2 aliphatic heterocycles. The van der Waals surface area contributed by atoms with Crippen molar-refractivity contribution in [2.45, 2.75) is 37.8 Å². The van der Waals surface area contributed by atoms with Crippen molar-refractivity contribution in [2.24, 2.45) is 10.9 Å². The predicted molar refractivity (Wildman–Crippen MR) is 117 cm³/mol. The molecule has 3 amide bonds. The predicted octanol–water partition coefficient (Wildman–Crippen LogP) is 1.10. The fourth-order valence-electron chi connectivity index (χ4n) is 2.96. The van der Waals surface area contributed by atoms with Crippen LogP contribution in [0.1, 0.15) is 25.6 Å². The third-order valence-electron chi connectivity index (χ3n) is 4.31. The number of thiophene rings is 1. The number of carbonyl (C=O) groups is 4. The van der Waals surface area contributed by atoms with E-state index in [1.807, 2.05) is 0 Å². The molecular formula is C19H22N4O7S2. The lowest BCUT2D eigenvalue weighted by molar-refractivity contribution is -0.150. The number of fused-ring (bicyclic) bond motifs is 1. The minimum atomic E-state index is -1.34. The van der Waals surface area contributed by atoms with Gasteiger partial charge in [0, 0.05) is 11.3 Å². The summed E-state index contributed by atoms with van der Waals surface area (Å²) in [4.78, 5) is 55.4. The zero-order chi connectivity index (χ0) is 23.6. The molecule has 1 saturated heterocycles. The van der Waals surface area contributed by atoms with E-state index < -0.39 is 40.9 Å².